The number of aromatic nitrogens is 2. The Labute approximate surface area is 235 Å². The van der Waals surface area contributed by atoms with Gasteiger partial charge in [0.2, 0.25) is 5.91 Å². The molecule has 1 saturated heterocycles. The molecule has 4 aromatic rings. The maximum absolute atomic E-state index is 14.1. The molecule has 0 saturated carbocycles. The number of ether oxygens (including phenoxy) is 1. The quantitative estimate of drug-likeness (QED) is 0.295. The van der Waals surface area contributed by atoms with Crippen molar-refractivity contribution in [3.63, 3.8) is 0 Å². The number of nitrogens with zero attached hydrogens (tertiary/aromatic N) is 4. The average molecular weight is 560 g/mol. The maximum Gasteiger partial charge on any atom is 0.329 e. The number of rotatable bonds is 7. The molecule has 3 amide bonds. The van der Waals surface area contributed by atoms with Crippen molar-refractivity contribution in [2.75, 3.05) is 11.4 Å². The normalized spacial score (nSPS) is 15.3. The first-order valence-electron chi connectivity index (χ1n) is 13.1. The number of hydrogen-bond donors (Lipinski definition) is 1. The van der Waals surface area contributed by atoms with Gasteiger partial charge in [0, 0.05) is 44.7 Å². The number of amides is 3. The zero-order chi connectivity index (χ0) is 27.8. The van der Waals surface area contributed by atoms with Crippen molar-refractivity contribution in [2.45, 2.75) is 39.5 Å². The van der Waals surface area contributed by atoms with Crippen LogP contribution in [0.3, 0.4) is 0 Å². The maximum atomic E-state index is 14.1. The highest BCUT2D eigenvalue weighted by atomic mass is 35.5. The van der Waals surface area contributed by atoms with E-state index in [2.05, 4.69) is 33.4 Å². The van der Waals surface area contributed by atoms with E-state index >= 15 is 0 Å². The lowest BCUT2D eigenvalue weighted by Crippen LogP contribution is -2.50. The minimum Gasteiger partial charge on any atom is -0.453 e. The molecule has 0 bridgehead atoms. The number of benzene rings is 3. The Morgan fingerprint density at radius 2 is 1.85 bits per heavy atom. The highest BCUT2D eigenvalue weighted by Crippen LogP contribution is 2.34. The first-order chi connectivity index (χ1) is 19.4. The fraction of sp³-hybridized carbons (Fsp3) is 0.233. The lowest BCUT2D eigenvalue weighted by molar-refractivity contribution is -0.120. The van der Waals surface area contributed by atoms with Gasteiger partial charge >= 0.3 is 6.03 Å². The van der Waals surface area contributed by atoms with Gasteiger partial charge in [-0.3, -0.25) is 19.9 Å². The molecule has 10 heteroatoms. The number of anilines is 1. The third-order valence-corrected chi connectivity index (χ3v) is 7.50. The first-order valence-corrected chi connectivity index (χ1v) is 13.5. The van der Waals surface area contributed by atoms with E-state index in [1.165, 1.54) is 17.2 Å². The van der Waals surface area contributed by atoms with Crippen LogP contribution < -0.4 is 15.0 Å². The number of carbonyl (C=O) groups excluding carboxylic acids is 2. The summed E-state index contributed by atoms with van der Waals surface area (Å²) in [6.07, 6.45) is 1.96. The molecule has 0 aliphatic carbocycles. The van der Waals surface area contributed by atoms with Crippen LogP contribution in [0.4, 0.5) is 15.0 Å². The van der Waals surface area contributed by atoms with Crippen LogP contribution in [0.15, 0.2) is 66.9 Å². The number of hydrogen-bond acceptors (Lipinski definition) is 5. The van der Waals surface area contributed by atoms with E-state index in [1.54, 1.807) is 23.2 Å². The number of imide groups is 1. The molecule has 6 rings (SSSR count). The van der Waals surface area contributed by atoms with Crippen LogP contribution in [-0.4, -0.2) is 32.9 Å². The number of imidazole rings is 1. The second-order valence-electron chi connectivity index (χ2n) is 9.86. The molecule has 1 fully saturated rings. The number of carbonyl (C=O) groups is 2. The van der Waals surface area contributed by atoms with Gasteiger partial charge in [0.25, 0.3) is 0 Å². The van der Waals surface area contributed by atoms with E-state index in [1.807, 2.05) is 35.8 Å². The van der Waals surface area contributed by atoms with Gasteiger partial charge in [-0.25, -0.2) is 14.2 Å². The molecule has 3 aromatic carbocycles. The van der Waals surface area contributed by atoms with Crippen molar-refractivity contribution in [1.29, 1.82) is 0 Å². The minimum absolute atomic E-state index is 0.0211. The fourth-order valence-corrected chi connectivity index (χ4v) is 5.44. The summed E-state index contributed by atoms with van der Waals surface area (Å²) in [4.78, 5) is 32.6. The molecule has 3 heterocycles. The standard InChI is InChI=1S/C30H27ClFN5O3/c1-2-36-27(37-13-12-26(38)34-30(37)39)15-33-29(36)20-8-9-21-17-35(18-22(21)14-20)16-19-6-10-23(11-7-19)40-28-24(31)4-3-5-25(28)32/h3-11,14-15H,2,12-13,16-18H2,1H3,(H,34,38,39). The van der Waals surface area contributed by atoms with Crippen LogP contribution in [0.1, 0.15) is 30.0 Å². The van der Waals surface area contributed by atoms with Gasteiger partial charge in [-0.1, -0.05) is 41.9 Å². The molecule has 0 radical (unpaired) electrons. The van der Waals surface area contributed by atoms with Gasteiger partial charge < -0.3 is 9.30 Å². The molecule has 0 atom stereocenters. The number of nitrogens with one attached hydrogen (secondary N) is 1. The van der Waals surface area contributed by atoms with Crippen LogP contribution in [0.2, 0.25) is 5.02 Å². The van der Waals surface area contributed by atoms with Gasteiger partial charge in [0.15, 0.2) is 11.6 Å². The first kappa shape index (κ1) is 26.0. The Kier molecular flexibility index (Phi) is 7.00. The number of urea groups is 1. The molecule has 0 spiro atoms. The Hall–Kier alpha value is -4.21. The smallest absolute Gasteiger partial charge is 0.329 e. The van der Waals surface area contributed by atoms with Gasteiger partial charge in [-0.2, -0.15) is 0 Å². The number of fused-ring (bicyclic) bond motifs is 1. The molecular weight excluding hydrogens is 533 g/mol. The molecular formula is C30H27ClFN5O3. The van der Waals surface area contributed by atoms with Crippen molar-refractivity contribution in [2.24, 2.45) is 0 Å². The molecule has 0 unspecified atom stereocenters. The van der Waals surface area contributed by atoms with E-state index in [0.29, 0.717) is 24.7 Å². The van der Waals surface area contributed by atoms with Crippen LogP contribution in [-0.2, 0) is 31.0 Å². The fourth-order valence-electron chi connectivity index (χ4n) is 5.24. The summed E-state index contributed by atoms with van der Waals surface area (Å²) < 4.78 is 21.7. The molecule has 40 heavy (non-hydrogen) atoms. The number of para-hydroxylation sites is 1. The third-order valence-electron chi connectivity index (χ3n) is 7.20. The zero-order valence-electron chi connectivity index (χ0n) is 21.9. The van der Waals surface area contributed by atoms with E-state index in [9.17, 15) is 14.0 Å². The molecule has 1 aromatic heterocycles. The van der Waals surface area contributed by atoms with E-state index in [4.69, 9.17) is 16.3 Å². The molecule has 1 N–H and O–H groups in total. The molecule has 8 nitrogen and oxygen atoms in total. The van der Waals surface area contributed by atoms with Crippen molar-refractivity contribution in [3.05, 3.63) is 94.4 Å². The van der Waals surface area contributed by atoms with Crippen molar-refractivity contribution >= 4 is 29.4 Å². The second kappa shape index (κ2) is 10.7. The van der Waals surface area contributed by atoms with Gasteiger partial charge in [-0.05, 0) is 53.9 Å². The summed E-state index contributed by atoms with van der Waals surface area (Å²) in [6.45, 7) is 5.35. The summed E-state index contributed by atoms with van der Waals surface area (Å²) in [5, 5.41) is 2.61. The Morgan fingerprint density at radius 3 is 2.60 bits per heavy atom. The highest BCUT2D eigenvalue weighted by Gasteiger charge is 2.28. The van der Waals surface area contributed by atoms with Crippen LogP contribution >= 0.6 is 11.6 Å². The summed E-state index contributed by atoms with van der Waals surface area (Å²) >= 11 is 6.08. The summed E-state index contributed by atoms with van der Waals surface area (Å²) in [6, 6.07) is 18.0. The predicted octanol–water partition coefficient (Wildman–Crippen LogP) is 6.12. The van der Waals surface area contributed by atoms with Crippen molar-refractivity contribution < 1.29 is 18.7 Å². The zero-order valence-corrected chi connectivity index (χ0v) is 22.6. The Morgan fingerprint density at radius 1 is 1.05 bits per heavy atom. The van der Waals surface area contributed by atoms with Crippen LogP contribution in [0.5, 0.6) is 11.5 Å². The third kappa shape index (κ3) is 5.05. The topological polar surface area (TPSA) is 79.7 Å². The van der Waals surface area contributed by atoms with Gasteiger partial charge in [0.05, 0.1) is 11.2 Å². The van der Waals surface area contributed by atoms with Crippen LogP contribution in [0.25, 0.3) is 11.4 Å². The van der Waals surface area contributed by atoms with Gasteiger partial charge in [0.1, 0.15) is 17.4 Å². The summed E-state index contributed by atoms with van der Waals surface area (Å²) in [5.74, 6) is 1.24. The minimum atomic E-state index is -0.503. The summed E-state index contributed by atoms with van der Waals surface area (Å²) in [5.41, 5.74) is 4.60. The van der Waals surface area contributed by atoms with Crippen LogP contribution in [0, 0.1) is 5.82 Å². The van der Waals surface area contributed by atoms with E-state index < -0.39 is 11.8 Å². The second-order valence-corrected chi connectivity index (χ2v) is 10.3. The lowest BCUT2D eigenvalue weighted by Gasteiger charge is -2.27. The Balaban J connectivity index is 1.14. The highest BCUT2D eigenvalue weighted by molar-refractivity contribution is 6.32. The molecule has 2 aliphatic rings. The lowest BCUT2D eigenvalue weighted by atomic mass is 10.1. The van der Waals surface area contributed by atoms with E-state index in [0.717, 1.165) is 36.6 Å². The molecule has 204 valence electrons. The number of halogens is 2. The van der Waals surface area contributed by atoms with Crippen molar-refractivity contribution in [1.82, 2.24) is 19.8 Å². The largest absolute Gasteiger partial charge is 0.453 e. The SMILES string of the molecule is CCn1c(N2CCC(=O)NC2=O)cnc1-c1ccc2c(c1)CN(Cc1ccc(Oc3c(F)cccc3Cl)cc1)C2. The van der Waals surface area contributed by atoms with E-state index in [-0.39, 0.29) is 23.1 Å². The monoisotopic (exact) mass is 559 g/mol. The summed E-state index contributed by atoms with van der Waals surface area (Å²) in [7, 11) is 0. The van der Waals surface area contributed by atoms with Gasteiger partial charge in [-0.15, -0.1) is 0 Å². The Bertz CT molecular complexity index is 1580. The predicted molar refractivity (Wildman–Crippen MR) is 150 cm³/mol. The van der Waals surface area contributed by atoms with Crippen molar-refractivity contribution in [3.8, 4) is 22.9 Å². The average Bonchev–Trinajstić information content (AvgIpc) is 3.55. The molecule has 2 aliphatic heterocycles.